The molecule has 1 saturated heterocycles. The molecule has 3 aromatic rings. The van der Waals surface area contributed by atoms with E-state index in [1.165, 1.54) is 66.5 Å². The summed E-state index contributed by atoms with van der Waals surface area (Å²) in [5.41, 5.74) is 7.41. The highest BCUT2D eigenvalue weighted by atomic mass is 15.3. The van der Waals surface area contributed by atoms with Gasteiger partial charge in [-0.2, -0.15) is 0 Å². The van der Waals surface area contributed by atoms with Crippen LogP contribution in [0.1, 0.15) is 75.7 Å². The van der Waals surface area contributed by atoms with Gasteiger partial charge in [-0.25, -0.2) is 0 Å². The molecule has 8 rings (SSSR count). The van der Waals surface area contributed by atoms with Gasteiger partial charge >= 0.3 is 0 Å². The maximum Gasteiger partial charge on any atom is 0.0764 e. The highest BCUT2D eigenvalue weighted by Gasteiger charge is 2.63. The zero-order chi connectivity index (χ0) is 23.7. The molecule has 4 fully saturated rings. The van der Waals surface area contributed by atoms with Crippen molar-refractivity contribution >= 4 is 16.6 Å². The number of benzene rings is 2. The summed E-state index contributed by atoms with van der Waals surface area (Å²) < 4.78 is 0. The van der Waals surface area contributed by atoms with E-state index >= 15 is 0 Å². The average molecular weight is 469 g/mol. The Hall–Kier alpha value is -2.30. The number of hydrogen-bond donors (Lipinski definition) is 2. The van der Waals surface area contributed by atoms with Crippen LogP contribution in [0.25, 0.3) is 10.9 Å². The second-order valence-corrected chi connectivity index (χ2v) is 12.2. The van der Waals surface area contributed by atoms with Crippen LogP contribution >= 0.6 is 0 Å². The highest BCUT2D eigenvalue weighted by Crippen LogP contribution is 2.64. The first-order chi connectivity index (χ1) is 17.0. The number of H-pyrrole nitrogens is 1. The van der Waals surface area contributed by atoms with Crippen molar-refractivity contribution in [3.8, 4) is 0 Å². The first kappa shape index (κ1) is 21.9. The van der Waals surface area contributed by atoms with Gasteiger partial charge < -0.3 is 10.3 Å². The van der Waals surface area contributed by atoms with E-state index < -0.39 is 0 Å². The molecular formula is C31H40N4. The first-order valence-electron chi connectivity index (χ1n) is 14.0. The third-order valence-electron chi connectivity index (χ3n) is 9.74. The molecule has 2 N–H and O–H groups in total. The van der Waals surface area contributed by atoms with Gasteiger partial charge in [-0.3, -0.25) is 9.80 Å². The Labute approximate surface area is 210 Å². The van der Waals surface area contributed by atoms with Gasteiger partial charge in [-0.1, -0.05) is 37.3 Å². The number of aromatic nitrogens is 1. The molecule has 4 nitrogen and oxygen atoms in total. The molecule has 2 aliphatic heterocycles. The van der Waals surface area contributed by atoms with Crippen molar-refractivity contribution in [1.82, 2.24) is 14.8 Å². The fourth-order valence-corrected chi connectivity index (χ4v) is 8.08. The van der Waals surface area contributed by atoms with Crippen LogP contribution in [0, 0.1) is 5.92 Å². The SMILES string of the molecule is CCCN1C[C@@H](Nc2ccc([C@@H]3c4[nH]c5ccccc5c4C[C@@H](C)N3C34CC(C3)C4)cc2)C[C@@H]1C. The lowest BCUT2D eigenvalue weighted by atomic mass is 9.48. The molecule has 3 saturated carbocycles. The van der Waals surface area contributed by atoms with Crippen molar-refractivity contribution in [2.75, 3.05) is 18.4 Å². The molecule has 0 unspecified atom stereocenters. The minimum Gasteiger partial charge on any atom is -0.381 e. The fourth-order valence-electron chi connectivity index (χ4n) is 8.08. The molecule has 2 bridgehead atoms. The van der Waals surface area contributed by atoms with Crippen LogP contribution in [0.2, 0.25) is 0 Å². The van der Waals surface area contributed by atoms with Gasteiger partial charge in [0.2, 0.25) is 0 Å². The van der Waals surface area contributed by atoms with Crippen molar-refractivity contribution in [2.45, 2.75) is 89.0 Å². The Balaban J connectivity index is 1.20. The van der Waals surface area contributed by atoms with Crippen LogP contribution in [-0.4, -0.2) is 51.5 Å². The molecule has 4 heteroatoms. The number of nitrogens with zero attached hydrogens (tertiary/aromatic N) is 2. The first-order valence-corrected chi connectivity index (χ1v) is 14.0. The molecular weight excluding hydrogens is 428 g/mol. The summed E-state index contributed by atoms with van der Waals surface area (Å²) in [7, 11) is 0. The van der Waals surface area contributed by atoms with E-state index in [9.17, 15) is 0 Å². The van der Waals surface area contributed by atoms with Crippen molar-refractivity contribution < 1.29 is 0 Å². The van der Waals surface area contributed by atoms with Crippen LogP contribution in [0.3, 0.4) is 0 Å². The topological polar surface area (TPSA) is 34.3 Å². The molecule has 0 spiro atoms. The Kier molecular flexibility index (Phi) is 5.08. The van der Waals surface area contributed by atoms with Crippen molar-refractivity contribution in [3.63, 3.8) is 0 Å². The third-order valence-corrected chi connectivity index (χ3v) is 9.74. The molecule has 3 heterocycles. The minimum atomic E-state index is 0.322. The second kappa shape index (κ2) is 8.11. The predicted octanol–water partition coefficient (Wildman–Crippen LogP) is 6.34. The van der Waals surface area contributed by atoms with Gasteiger partial charge in [0, 0.05) is 52.5 Å². The molecule has 1 aromatic heterocycles. The third kappa shape index (κ3) is 3.40. The van der Waals surface area contributed by atoms with E-state index in [2.05, 4.69) is 89.4 Å². The van der Waals surface area contributed by atoms with E-state index in [0.717, 1.165) is 18.9 Å². The minimum absolute atomic E-state index is 0.322. The van der Waals surface area contributed by atoms with Crippen molar-refractivity contribution in [3.05, 3.63) is 65.4 Å². The van der Waals surface area contributed by atoms with Gasteiger partial charge in [-0.15, -0.1) is 0 Å². The summed E-state index contributed by atoms with van der Waals surface area (Å²) in [6.45, 7) is 9.50. The molecule has 5 aliphatic rings. The maximum absolute atomic E-state index is 3.88. The van der Waals surface area contributed by atoms with Gasteiger partial charge in [0.05, 0.1) is 6.04 Å². The Morgan fingerprint density at radius 3 is 2.49 bits per heavy atom. The van der Waals surface area contributed by atoms with Gasteiger partial charge in [0.15, 0.2) is 0 Å². The summed E-state index contributed by atoms with van der Waals surface area (Å²) in [6, 6.07) is 20.5. The quantitative estimate of drug-likeness (QED) is 0.443. The molecule has 184 valence electrons. The second-order valence-electron chi connectivity index (χ2n) is 12.2. The summed E-state index contributed by atoms with van der Waals surface area (Å²) in [5, 5.41) is 5.27. The van der Waals surface area contributed by atoms with Gasteiger partial charge in [0.1, 0.15) is 0 Å². The van der Waals surface area contributed by atoms with Crippen LogP contribution in [-0.2, 0) is 6.42 Å². The molecule has 3 aliphatic carbocycles. The normalized spacial score (nSPS) is 34.4. The molecule has 2 aromatic carbocycles. The summed E-state index contributed by atoms with van der Waals surface area (Å²) in [5.74, 6) is 0.986. The Bertz CT molecular complexity index is 1210. The number of nitrogens with one attached hydrogen (secondary N) is 2. The number of rotatable bonds is 6. The molecule has 0 radical (unpaired) electrons. The summed E-state index contributed by atoms with van der Waals surface area (Å²) in [4.78, 5) is 9.43. The fraction of sp³-hybridized carbons (Fsp3) is 0.548. The number of anilines is 1. The van der Waals surface area contributed by atoms with Crippen LogP contribution in [0.4, 0.5) is 5.69 Å². The van der Waals surface area contributed by atoms with Crippen molar-refractivity contribution in [1.29, 1.82) is 0 Å². The predicted molar refractivity (Wildman–Crippen MR) is 145 cm³/mol. The lowest BCUT2D eigenvalue weighted by molar-refractivity contribution is -0.174. The van der Waals surface area contributed by atoms with E-state index in [1.54, 1.807) is 5.56 Å². The molecule has 0 amide bonds. The summed E-state index contributed by atoms with van der Waals surface area (Å²) >= 11 is 0. The Morgan fingerprint density at radius 2 is 1.77 bits per heavy atom. The number of aromatic amines is 1. The van der Waals surface area contributed by atoms with E-state index in [1.807, 2.05) is 0 Å². The zero-order valence-corrected chi connectivity index (χ0v) is 21.6. The van der Waals surface area contributed by atoms with Crippen molar-refractivity contribution in [2.24, 2.45) is 5.92 Å². The number of hydrogen-bond acceptors (Lipinski definition) is 3. The monoisotopic (exact) mass is 468 g/mol. The number of fused-ring (bicyclic) bond motifs is 3. The smallest absolute Gasteiger partial charge is 0.0764 e. The van der Waals surface area contributed by atoms with E-state index in [0.29, 0.717) is 29.7 Å². The lowest BCUT2D eigenvalue weighted by Crippen LogP contribution is -2.71. The lowest BCUT2D eigenvalue weighted by Gasteiger charge is -2.70. The molecule has 35 heavy (non-hydrogen) atoms. The van der Waals surface area contributed by atoms with Gasteiger partial charge in [-0.05, 0) is 94.2 Å². The standard InChI is InChI=1S/C31H40N4/c1-4-13-34-19-25(14-20(34)2)32-24-11-9-23(10-12-24)30-29-27(26-7-5-6-8-28(26)33-29)15-21(3)35(30)31-16-22(17-31)18-31/h5-12,20-22,25,30,32-33H,4,13-19H2,1-3H3/t20-,21+,22?,25-,30+,31?/m0/s1. The number of likely N-dealkylation sites (tertiary alicyclic amines) is 1. The number of para-hydroxylation sites is 1. The largest absolute Gasteiger partial charge is 0.381 e. The van der Waals surface area contributed by atoms with Gasteiger partial charge in [0.25, 0.3) is 0 Å². The van der Waals surface area contributed by atoms with E-state index in [-0.39, 0.29) is 0 Å². The average Bonchev–Trinajstić information content (AvgIpc) is 3.33. The van der Waals surface area contributed by atoms with Crippen LogP contribution in [0.5, 0.6) is 0 Å². The van der Waals surface area contributed by atoms with E-state index in [4.69, 9.17) is 0 Å². The van der Waals surface area contributed by atoms with Crippen LogP contribution in [0.15, 0.2) is 48.5 Å². The maximum atomic E-state index is 3.88. The zero-order valence-electron chi connectivity index (χ0n) is 21.6. The highest BCUT2D eigenvalue weighted by molar-refractivity contribution is 5.85. The molecule has 4 atom stereocenters. The Morgan fingerprint density at radius 1 is 1.00 bits per heavy atom. The van der Waals surface area contributed by atoms with Crippen LogP contribution < -0.4 is 5.32 Å². The summed E-state index contributed by atoms with van der Waals surface area (Å²) in [6.07, 6.45) is 7.82.